The van der Waals surface area contributed by atoms with Gasteiger partial charge in [0.1, 0.15) is 10.7 Å². The van der Waals surface area contributed by atoms with E-state index in [2.05, 4.69) is 5.32 Å². The van der Waals surface area contributed by atoms with Crippen LogP contribution < -0.4 is 11.1 Å². The fourth-order valence-electron chi connectivity index (χ4n) is 1.49. The molecule has 0 spiro atoms. The van der Waals surface area contributed by atoms with Gasteiger partial charge in [0.05, 0.1) is 12.2 Å². The lowest BCUT2D eigenvalue weighted by atomic mass is 10.3. The van der Waals surface area contributed by atoms with Crippen LogP contribution in [0.25, 0.3) is 0 Å². The van der Waals surface area contributed by atoms with E-state index in [9.17, 15) is 17.6 Å². The molecule has 0 aliphatic rings. The summed E-state index contributed by atoms with van der Waals surface area (Å²) in [5.74, 6) is -1.27. The van der Waals surface area contributed by atoms with E-state index < -0.39 is 27.4 Å². The van der Waals surface area contributed by atoms with Crippen molar-refractivity contribution in [1.29, 1.82) is 0 Å². The van der Waals surface area contributed by atoms with Crippen LogP contribution in [0.3, 0.4) is 0 Å². The van der Waals surface area contributed by atoms with Crippen molar-refractivity contribution in [3.63, 3.8) is 0 Å². The number of amides is 1. The molecule has 0 bridgehead atoms. The molecule has 1 aromatic rings. The second kappa shape index (κ2) is 5.98. The van der Waals surface area contributed by atoms with Crippen LogP contribution in [-0.4, -0.2) is 38.8 Å². The van der Waals surface area contributed by atoms with Crippen LogP contribution in [0.1, 0.15) is 6.92 Å². The van der Waals surface area contributed by atoms with Gasteiger partial charge in [0, 0.05) is 13.6 Å². The standard InChI is InChI=1S/C11H16FN3O3S/c1-3-15(7-10(16)14-2)19(17,18)9-6-4-5-8(12)11(9)13/h4-6H,3,7,13H2,1-2H3,(H,14,16). The van der Waals surface area contributed by atoms with Gasteiger partial charge < -0.3 is 11.1 Å². The lowest BCUT2D eigenvalue weighted by molar-refractivity contribution is -0.120. The molecular formula is C11H16FN3O3S. The van der Waals surface area contributed by atoms with Gasteiger partial charge in [-0.15, -0.1) is 0 Å². The second-order valence-corrected chi connectivity index (χ2v) is 5.66. The Morgan fingerprint density at radius 3 is 2.63 bits per heavy atom. The molecule has 106 valence electrons. The Morgan fingerprint density at radius 2 is 2.11 bits per heavy atom. The molecule has 0 aliphatic carbocycles. The summed E-state index contributed by atoms with van der Waals surface area (Å²) in [5, 5.41) is 2.33. The summed E-state index contributed by atoms with van der Waals surface area (Å²) in [7, 11) is -2.60. The lowest BCUT2D eigenvalue weighted by Crippen LogP contribution is -2.39. The Kier molecular flexibility index (Phi) is 4.84. The second-order valence-electron chi connectivity index (χ2n) is 3.76. The molecule has 8 heteroatoms. The molecular weight excluding hydrogens is 273 g/mol. The fraction of sp³-hybridized carbons (Fsp3) is 0.364. The highest BCUT2D eigenvalue weighted by Crippen LogP contribution is 2.24. The SMILES string of the molecule is CCN(CC(=O)NC)S(=O)(=O)c1cccc(F)c1N. The maximum absolute atomic E-state index is 13.3. The first-order valence-corrected chi connectivity index (χ1v) is 7.03. The van der Waals surface area contributed by atoms with Crippen LogP contribution in [0.4, 0.5) is 10.1 Å². The van der Waals surface area contributed by atoms with Gasteiger partial charge in [-0.05, 0) is 12.1 Å². The number of para-hydroxylation sites is 1. The van der Waals surface area contributed by atoms with Crippen molar-refractivity contribution in [2.45, 2.75) is 11.8 Å². The van der Waals surface area contributed by atoms with Gasteiger partial charge in [0.15, 0.2) is 0 Å². The number of nitrogen functional groups attached to an aromatic ring is 1. The molecule has 6 nitrogen and oxygen atoms in total. The first kappa shape index (κ1) is 15.4. The largest absolute Gasteiger partial charge is 0.395 e. The number of sulfonamides is 1. The van der Waals surface area contributed by atoms with E-state index >= 15 is 0 Å². The molecule has 1 amide bonds. The number of rotatable bonds is 5. The predicted molar refractivity (Wildman–Crippen MR) is 69.3 cm³/mol. The zero-order valence-corrected chi connectivity index (χ0v) is 11.5. The van der Waals surface area contributed by atoms with Gasteiger partial charge in [-0.25, -0.2) is 12.8 Å². The summed E-state index contributed by atoms with van der Waals surface area (Å²) in [6.45, 7) is 1.31. The van der Waals surface area contributed by atoms with Crippen molar-refractivity contribution in [1.82, 2.24) is 9.62 Å². The highest BCUT2D eigenvalue weighted by molar-refractivity contribution is 7.89. The van der Waals surface area contributed by atoms with Crippen LogP contribution in [0, 0.1) is 5.82 Å². The van der Waals surface area contributed by atoms with E-state index in [1.54, 1.807) is 6.92 Å². The summed E-state index contributed by atoms with van der Waals surface area (Å²) in [6, 6.07) is 3.54. The summed E-state index contributed by atoms with van der Waals surface area (Å²) >= 11 is 0. The van der Waals surface area contributed by atoms with E-state index in [1.165, 1.54) is 19.2 Å². The normalized spacial score (nSPS) is 11.6. The van der Waals surface area contributed by atoms with Crippen LogP contribution in [-0.2, 0) is 14.8 Å². The number of carbonyl (C=O) groups excluding carboxylic acids is 1. The third-order valence-electron chi connectivity index (χ3n) is 2.58. The summed E-state index contributed by atoms with van der Waals surface area (Å²) in [5.41, 5.74) is 5.00. The number of benzene rings is 1. The number of nitrogens with zero attached hydrogens (tertiary/aromatic N) is 1. The smallest absolute Gasteiger partial charge is 0.245 e. The zero-order valence-electron chi connectivity index (χ0n) is 10.7. The Labute approximate surface area is 111 Å². The van der Waals surface area contributed by atoms with Crippen molar-refractivity contribution in [2.75, 3.05) is 25.9 Å². The molecule has 0 unspecified atom stereocenters. The maximum atomic E-state index is 13.3. The Balaban J connectivity index is 3.21. The molecule has 0 saturated heterocycles. The minimum Gasteiger partial charge on any atom is -0.395 e. The predicted octanol–water partition coefficient (Wildman–Crippen LogP) is 0.165. The van der Waals surface area contributed by atoms with Crippen molar-refractivity contribution in [3.05, 3.63) is 24.0 Å². The number of nitrogens with one attached hydrogen (secondary N) is 1. The topological polar surface area (TPSA) is 92.5 Å². The van der Waals surface area contributed by atoms with E-state index in [0.29, 0.717) is 0 Å². The highest BCUT2D eigenvalue weighted by atomic mass is 32.2. The quantitative estimate of drug-likeness (QED) is 0.755. The molecule has 19 heavy (non-hydrogen) atoms. The molecule has 3 N–H and O–H groups in total. The van der Waals surface area contributed by atoms with Crippen LogP contribution >= 0.6 is 0 Å². The van der Waals surface area contributed by atoms with Gasteiger partial charge in [0.25, 0.3) is 0 Å². The number of nitrogens with two attached hydrogens (primary N) is 1. The van der Waals surface area contributed by atoms with E-state index in [1.807, 2.05) is 0 Å². The van der Waals surface area contributed by atoms with Crippen molar-refractivity contribution >= 4 is 21.6 Å². The Hall–Kier alpha value is -1.67. The molecule has 0 aliphatic heterocycles. The lowest BCUT2D eigenvalue weighted by Gasteiger charge is -2.20. The number of hydrogen-bond acceptors (Lipinski definition) is 4. The number of anilines is 1. The number of hydrogen-bond donors (Lipinski definition) is 2. The van der Waals surface area contributed by atoms with Gasteiger partial charge in [-0.2, -0.15) is 4.31 Å². The summed E-state index contributed by atoms with van der Waals surface area (Å²) < 4.78 is 38.8. The molecule has 0 heterocycles. The molecule has 0 saturated carbocycles. The Bertz CT molecular complexity index is 575. The minimum atomic E-state index is -4.00. The average molecular weight is 289 g/mol. The van der Waals surface area contributed by atoms with Gasteiger partial charge >= 0.3 is 0 Å². The molecule has 0 aromatic heterocycles. The third kappa shape index (κ3) is 3.21. The van der Waals surface area contributed by atoms with E-state index in [4.69, 9.17) is 5.73 Å². The van der Waals surface area contributed by atoms with Gasteiger partial charge in [0.2, 0.25) is 15.9 Å². The minimum absolute atomic E-state index is 0.0751. The molecule has 1 rings (SSSR count). The molecule has 0 atom stereocenters. The zero-order chi connectivity index (χ0) is 14.6. The first-order valence-electron chi connectivity index (χ1n) is 5.59. The molecule has 1 aromatic carbocycles. The average Bonchev–Trinajstić information content (AvgIpc) is 2.38. The Morgan fingerprint density at radius 1 is 1.47 bits per heavy atom. The number of carbonyl (C=O) groups is 1. The molecule has 0 fully saturated rings. The number of halogens is 1. The highest BCUT2D eigenvalue weighted by Gasteiger charge is 2.27. The van der Waals surface area contributed by atoms with Crippen LogP contribution in [0.15, 0.2) is 23.1 Å². The maximum Gasteiger partial charge on any atom is 0.245 e. The monoisotopic (exact) mass is 289 g/mol. The molecule has 0 radical (unpaired) electrons. The third-order valence-corrected chi connectivity index (χ3v) is 4.56. The van der Waals surface area contributed by atoms with Crippen LogP contribution in [0.2, 0.25) is 0 Å². The van der Waals surface area contributed by atoms with Crippen molar-refractivity contribution in [3.8, 4) is 0 Å². The van der Waals surface area contributed by atoms with Gasteiger partial charge in [-0.3, -0.25) is 4.79 Å². The van der Waals surface area contributed by atoms with Crippen LogP contribution in [0.5, 0.6) is 0 Å². The number of likely N-dealkylation sites (N-methyl/N-ethyl adjacent to an activating group) is 2. The van der Waals surface area contributed by atoms with E-state index in [0.717, 1.165) is 10.4 Å². The summed E-state index contributed by atoms with van der Waals surface area (Å²) in [6.07, 6.45) is 0. The van der Waals surface area contributed by atoms with Crippen molar-refractivity contribution in [2.24, 2.45) is 0 Å². The van der Waals surface area contributed by atoms with E-state index in [-0.39, 0.29) is 18.0 Å². The van der Waals surface area contributed by atoms with Gasteiger partial charge in [-0.1, -0.05) is 13.0 Å². The van der Waals surface area contributed by atoms with Crippen molar-refractivity contribution < 1.29 is 17.6 Å². The fourth-order valence-corrected chi connectivity index (χ4v) is 3.02. The first-order chi connectivity index (χ1) is 8.84. The summed E-state index contributed by atoms with van der Waals surface area (Å²) in [4.78, 5) is 11.0.